The minimum absolute atomic E-state index is 0.510. The highest BCUT2D eigenvalue weighted by Crippen LogP contribution is 2.54. The molecule has 1 aliphatic carbocycles. The van der Waals surface area contributed by atoms with Gasteiger partial charge in [-0.1, -0.05) is 13.2 Å². The molecule has 1 spiro atoms. The van der Waals surface area contributed by atoms with Gasteiger partial charge in [-0.25, -0.2) is 0 Å². The van der Waals surface area contributed by atoms with E-state index >= 15 is 0 Å². The summed E-state index contributed by atoms with van der Waals surface area (Å²) in [7, 11) is 0. The topological polar surface area (TPSA) is 15.3 Å². The molecular weight excluding hydrogens is 288 g/mol. The van der Waals surface area contributed by atoms with Crippen LogP contribution in [0.15, 0.2) is 36.7 Å². The van der Waals surface area contributed by atoms with E-state index in [1.165, 1.54) is 28.4 Å². The van der Waals surface area contributed by atoms with Crippen LogP contribution in [-0.4, -0.2) is 23.9 Å². The Morgan fingerprint density at radius 3 is 2.70 bits per heavy atom. The quantitative estimate of drug-likeness (QED) is 0.809. The van der Waals surface area contributed by atoms with E-state index < -0.39 is 0 Å². The van der Waals surface area contributed by atoms with E-state index in [9.17, 15) is 0 Å². The maximum atomic E-state index is 5.82. The zero-order chi connectivity index (χ0) is 14.3. The van der Waals surface area contributed by atoms with Gasteiger partial charge in [0.15, 0.2) is 0 Å². The van der Waals surface area contributed by atoms with E-state index in [0.29, 0.717) is 17.2 Å². The smallest absolute Gasteiger partial charge is 0.0926 e. The molecule has 4 heteroatoms. The predicted molar refractivity (Wildman–Crippen MR) is 88.4 cm³/mol. The average molecular weight is 309 g/mol. The molecule has 3 rings (SSSR count). The lowest BCUT2D eigenvalue weighted by molar-refractivity contribution is -0.0651. The highest BCUT2D eigenvalue weighted by Gasteiger charge is 2.53. The van der Waals surface area contributed by atoms with Crippen molar-refractivity contribution in [2.24, 2.45) is 11.3 Å². The average Bonchev–Trinajstić information content (AvgIpc) is 2.70. The number of anilines is 1. The highest BCUT2D eigenvalue weighted by molar-refractivity contribution is 7.16. The second kappa shape index (κ2) is 5.12. The number of thiophene rings is 1. The van der Waals surface area contributed by atoms with Crippen molar-refractivity contribution in [3.05, 3.63) is 41.6 Å². The minimum Gasteiger partial charge on any atom is -0.373 e. The maximum Gasteiger partial charge on any atom is 0.0926 e. The van der Waals surface area contributed by atoms with Crippen LogP contribution in [0.1, 0.15) is 17.7 Å². The summed E-state index contributed by atoms with van der Waals surface area (Å²) in [5.41, 5.74) is 2.74. The van der Waals surface area contributed by atoms with Gasteiger partial charge < -0.3 is 10.2 Å². The van der Waals surface area contributed by atoms with E-state index in [4.69, 9.17) is 11.6 Å². The van der Waals surface area contributed by atoms with Crippen LogP contribution in [0.25, 0.3) is 0 Å². The van der Waals surface area contributed by atoms with Crippen LogP contribution >= 0.6 is 22.9 Å². The van der Waals surface area contributed by atoms with Crippen molar-refractivity contribution in [2.75, 3.05) is 24.3 Å². The van der Waals surface area contributed by atoms with Crippen LogP contribution in [-0.2, 0) is 0 Å². The molecule has 20 heavy (non-hydrogen) atoms. The second-order valence-corrected chi connectivity index (χ2v) is 7.78. The van der Waals surface area contributed by atoms with Crippen LogP contribution in [0, 0.1) is 18.3 Å². The number of aryl methyl sites for hydroxylation is 1. The number of alkyl halides is 1. The van der Waals surface area contributed by atoms with E-state index in [-0.39, 0.29) is 0 Å². The van der Waals surface area contributed by atoms with E-state index in [1.54, 1.807) is 11.3 Å². The molecule has 0 aromatic carbocycles. The molecule has 0 radical (unpaired) electrons. The summed E-state index contributed by atoms with van der Waals surface area (Å²) < 4.78 is 0. The van der Waals surface area contributed by atoms with Crippen LogP contribution < -0.4 is 5.32 Å². The van der Waals surface area contributed by atoms with Crippen LogP contribution in [0.5, 0.6) is 0 Å². The van der Waals surface area contributed by atoms with Gasteiger partial charge in [0, 0.05) is 34.8 Å². The first kappa shape index (κ1) is 14.0. The fourth-order valence-corrected chi connectivity index (χ4v) is 4.29. The lowest BCUT2D eigenvalue weighted by Gasteiger charge is -2.60. The van der Waals surface area contributed by atoms with Crippen molar-refractivity contribution in [3.63, 3.8) is 0 Å². The molecule has 2 heterocycles. The molecule has 0 amide bonds. The number of rotatable bonds is 5. The van der Waals surface area contributed by atoms with Crippen molar-refractivity contribution in [1.82, 2.24) is 4.90 Å². The van der Waals surface area contributed by atoms with Gasteiger partial charge in [-0.15, -0.1) is 22.9 Å². The van der Waals surface area contributed by atoms with E-state index in [2.05, 4.69) is 42.4 Å². The molecule has 1 N–H and O–H groups in total. The van der Waals surface area contributed by atoms with E-state index in [1.807, 2.05) is 0 Å². The summed E-state index contributed by atoms with van der Waals surface area (Å²) in [5.74, 6) is 1.16. The summed E-state index contributed by atoms with van der Waals surface area (Å²) in [6.07, 6.45) is 2.49. The third kappa shape index (κ3) is 2.49. The van der Waals surface area contributed by atoms with Gasteiger partial charge in [-0.05, 0) is 37.8 Å². The molecule has 1 saturated carbocycles. The molecule has 0 atom stereocenters. The molecular formula is C16H21ClN2S. The van der Waals surface area contributed by atoms with Crippen molar-refractivity contribution in [2.45, 2.75) is 19.8 Å². The molecule has 1 aromatic rings. The molecule has 2 nitrogen and oxygen atoms in total. The summed E-state index contributed by atoms with van der Waals surface area (Å²) in [6, 6.07) is 4.28. The molecule has 1 saturated heterocycles. The zero-order valence-electron chi connectivity index (χ0n) is 11.9. The largest absolute Gasteiger partial charge is 0.373 e. The number of nitrogens with zero attached hydrogens (tertiary/aromatic N) is 1. The van der Waals surface area contributed by atoms with E-state index in [0.717, 1.165) is 18.8 Å². The zero-order valence-corrected chi connectivity index (χ0v) is 13.5. The van der Waals surface area contributed by atoms with Gasteiger partial charge in [0.2, 0.25) is 0 Å². The third-order valence-corrected chi connectivity index (χ3v) is 5.75. The van der Waals surface area contributed by atoms with Gasteiger partial charge in [-0.2, -0.15) is 0 Å². The molecule has 1 aromatic heterocycles. The van der Waals surface area contributed by atoms with Gasteiger partial charge in [0.1, 0.15) is 0 Å². The summed E-state index contributed by atoms with van der Waals surface area (Å²) in [4.78, 5) is 3.64. The molecule has 108 valence electrons. The van der Waals surface area contributed by atoms with Gasteiger partial charge >= 0.3 is 0 Å². The van der Waals surface area contributed by atoms with Crippen LogP contribution in [0.2, 0.25) is 0 Å². The number of hydrogen-bond donors (Lipinski definition) is 1. The third-order valence-electron chi connectivity index (χ3n) is 4.53. The Kier molecular flexibility index (Phi) is 3.59. The summed E-state index contributed by atoms with van der Waals surface area (Å²) in [5, 5.41) is 4.68. The monoisotopic (exact) mass is 308 g/mol. The maximum absolute atomic E-state index is 5.82. The van der Waals surface area contributed by atoms with Crippen molar-refractivity contribution in [1.29, 1.82) is 0 Å². The fraction of sp³-hybridized carbons (Fsp3) is 0.500. The predicted octanol–water partition coefficient (Wildman–Crippen LogP) is 4.45. The first-order valence-electron chi connectivity index (χ1n) is 7.02. The molecule has 0 bridgehead atoms. The summed E-state index contributed by atoms with van der Waals surface area (Å²) in [6.45, 7) is 12.6. The first-order valence-corrected chi connectivity index (χ1v) is 8.37. The Morgan fingerprint density at radius 2 is 2.15 bits per heavy atom. The minimum atomic E-state index is 0.510. The molecule has 0 unspecified atom stereocenters. The second-order valence-electron chi connectivity index (χ2n) is 6.22. The van der Waals surface area contributed by atoms with Crippen LogP contribution in [0.3, 0.4) is 0 Å². The number of likely N-dealkylation sites (tertiary alicyclic amines) is 1. The molecule has 2 aliphatic rings. The fourth-order valence-electron chi connectivity index (χ4n) is 3.32. The number of halogens is 1. The standard InChI is InChI=1S/C16H21ClN2S/c1-11(8-17)19-9-16(10-19)6-14(7-16)13(3)18-15-5-4-12(2)20-15/h4-5,14,18H,1,3,6-10H2,2H3. The van der Waals surface area contributed by atoms with Gasteiger partial charge in [0.05, 0.1) is 10.9 Å². The Labute approximate surface area is 130 Å². The Morgan fingerprint density at radius 1 is 1.45 bits per heavy atom. The molecule has 1 aliphatic heterocycles. The Balaban J connectivity index is 1.47. The van der Waals surface area contributed by atoms with Crippen LogP contribution in [0.4, 0.5) is 5.00 Å². The van der Waals surface area contributed by atoms with Crippen molar-refractivity contribution >= 4 is 27.9 Å². The SMILES string of the molecule is C=C(Nc1ccc(C)s1)C1CC2(C1)CN(C(=C)CCl)C2. The Hall–Kier alpha value is -0.930. The number of allylic oxidation sites excluding steroid dienone is 2. The lowest BCUT2D eigenvalue weighted by atomic mass is 9.57. The lowest BCUT2D eigenvalue weighted by Crippen LogP contribution is -2.62. The van der Waals surface area contributed by atoms with Crippen molar-refractivity contribution in [3.8, 4) is 0 Å². The normalized spacial score (nSPS) is 20.4. The summed E-state index contributed by atoms with van der Waals surface area (Å²) >= 11 is 7.61. The highest BCUT2D eigenvalue weighted by atomic mass is 35.5. The first-order chi connectivity index (χ1) is 9.51. The van der Waals surface area contributed by atoms with Crippen molar-refractivity contribution < 1.29 is 0 Å². The molecule has 2 fully saturated rings. The van der Waals surface area contributed by atoms with Gasteiger partial charge in [0.25, 0.3) is 0 Å². The van der Waals surface area contributed by atoms with Gasteiger partial charge in [-0.3, -0.25) is 0 Å². The number of nitrogens with one attached hydrogen (secondary N) is 1. The Bertz CT molecular complexity index is 534. The number of hydrogen-bond acceptors (Lipinski definition) is 3.